The van der Waals surface area contributed by atoms with Crippen molar-refractivity contribution in [1.29, 1.82) is 0 Å². The summed E-state index contributed by atoms with van der Waals surface area (Å²) in [6, 6.07) is 6.84. The minimum absolute atomic E-state index is 0.0796. The molecule has 1 saturated heterocycles. The average molecular weight is 474 g/mol. The van der Waals surface area contributed by atoms with Gasteiger partial charge in [-0.25, -0.2) is 8.42 Å². The summed E-state index contributed by atoms with van der Waals surface area (Å²) in [7, 11) is -3.79. The fourth-order valence-electron chi connectivity index (χ4n) is 5.19. The van der Waals surface area contributed by atoms with Gasteiger partial charge in [-0.3, -0.25) is 9.59 Å². The molecule has 2 heterocycles. The maximum absolute atomic E-state index is 13.6. The van der Waals surface area contributed by atoms with Crippen LogP contribution in [0.2, 0.25) is 0 Å². The van der Waals surface area contributed by atoms with Gasteiger partial charge in [-0.05, 0) is 43.1 Å². The zero-order valence-corrected chi connectivity index (χ0v) is 20.6. The zero-order chi connectivity index (χ0) is 23.8. The lowest BCUT2D eigenvalue weighted by Gasteiger charge is -2.34. The Morgan fingerprint density at radius 2 is 1.70 bits per heavy atom. The van der Waals surface area contributed by atoms with Crippen molar-refractivity contribution in [3.8, 4) is 0 Å². The number of rotatable bonds is 5. The third-order valence-electron chi connectivity index (χ3n) is 7.68. The lowest BCUT2D eigenvalue weighted by Crippen LogP contribution is -2.45. The van der Waals surface area contributed by atoms with Crippen molar-refractivity contribution in [2.75, 3.05) is 13.1 Å². The van der Waals surface area contributed by atoms with Gasteiger partial charge in [0.1, 0.15) is 11.4 Å². The van der Waals surface area contributed by atoms with Gasteiger partial charge in [0.05, 0.1) is 0 Å². The van der Waals surface area contributed by atoms with Crippen LogP contribution in [0.1, 0.15) is 52.9 Å². The number of carbonyl (C=O) groups excluding carboxylic acids is 1. The van der Waals surface area contributed by atoms with Crippen LogP contribution >= 0.6 is 0 Å². The van der Waals surface area contributed by atoms with Gasteiger partial charge in [0.15, 0.2) is 0 Å². The van der Waals surface area contributed by atoms with E-state index in [2.05, 4.69) is 26.1 Å². The van der Waals surface area contributed by atoms with Crippen LogP contribution in [0.3, 0.4) is 0 Å². The average Bonchev–Trinajstić information content (AvgIpc) is 2.79. The Bertz CT molecular complexity index is 1180. The summed E-state index contributed by atoms with van der Waals surface area (Å²) in [4.78, 5) is 26.1. The number of amides is 1. The molecule has 3 atom stereocenters. The Morgan fingerprint density at radius 3 is 2.39 bits per heavy atom. The number of carbonyl (C=O) groups is 1. The second kappa shape index (κ2) is 9.58. The lowest BCUT2D eigenvalue weighted by molar-refractivity contribution is -0.123. The molecule has 1 aliphatic carbocycles. The summed E-state index contributed by atoms with van der Waals surface area (Å²) in [5.41, 5.74) is -0.350. The van der Waals surface area contributed by atoms with Crippen LogP contribution in [0.4, 0.5) is 0 Å². The number of nitrogens with one attached hydrogen (secondary N) is 1. The summed E-state index contributed by atoms with van der Waals surface area (Å²) < 4.78 is 29.9. The van der Waals surface area contributed by atoms with Gasteiger partial charge in [-0.2, -0.15) is 4.31 Å². The van der Waals surface area contributed by atoms with Crippen LogP contribution in [-0.2, 0) is 21.4 Å². The molecule has 0 unspecified atom stereocenters. The molecule has 7 nitrogen and oxygen atoms in total. The van der Waals surface area contributed by atoms with E-state index >= 15 is 0 Å². The number of hydrogen-bond acceptors (Lipinski definition) is 4. The second-order valence-electron chi connectivity index (χ2n) is 10.00. The van der Waals surface area contributed by atoms with Crippen molar-refractivity contribution in [2.24, 2.45) is 17.8 Å². The SMILES string of the molecule is CC1CCN(S(=O)(=O)c2cn(CC(=O)N[C@@H]3CCC[C@H](C)[C@@H]3C)c(=O)c3ccccc23)CC1. The van der Waals surface area contributed by atoms with E-state index in [4.69, 9.17) is 0 Å². The third-order valence-corrected chi connectivity index (χ3v) is 9.61. The van der Waals surface area contributed by atoms with Gasteiger partial charge in [-0.1, -0.05) is 51.8 Å². The Balaban J connectivity index is 1.66. The highest BCUT2D eigenvalue weighted by atomic mass is 32.2. The molecule has 2 aliphatic rings. The Morgan fingerprint density at radius 1 is 1.03 bits per heavy atom. The third kappa shape index (κ3) is 4.87. The molecule has 33 heavy (non-hydrogen) atoms. The molecule has 8 heteroatoms. The molecule has 1 N–H and O–H groups in total. The van der Waals surface area contributed by atoms with Gasteiger partial charge in [-0.15, -0.1) is 0 Å². The predicted molar refractivity (Wildman–Crippen MR) is 129 cm³/mol. The normalized spacial score (nSPS) is 25.2. The van der Waals surface area contributed by atoms with E-state index in [0.29, 0.717) is 41.6 Å². The molecule has 1 aromatic heterocycles. The number of hydrogen-bond donors (Lipinski definition) is 1. The molecular weight excluding hydrogens is 438 g/mol. The molecule has 0 bridgehead atoms. The van der Waals surface area contributed by atoms with Gasteiger partial charge in [0.25, 0.3) is 5.56 Å². The van der Waals surface area contributed by atoms with Crippen molar-refractivity contribution >= 4 is 26.7 Å². The summed E-state index contributed by atoms with van der Waals surface area (Å²) in [6.07, 6.45) is 6.16. The molecular formula is C25H35N3O4S. The van der Waals surface area contributed by atoms with Gasteiger partial charge >= 0.3 is 0 Å². The van der Waals surface area contributed by atoms with Crippen LogP contribution in [0.5, 0.6) is 0 Å². The topological polar surface area (TPSA) is 88.5 Å². The summed E-state index contributed by atoms with van der Waals surface area (Å²) in [6.45, 7) is 7.23. The highest BCUT2D eigenvalue weighted by molar-refractivity contribution is 7.89. The largest absolute Gasteiger partial charge is 0.352 e. The summed E-state index contributed by atoms with van der Waals surface area (Å²) in [5.74, 6) is 1.15. The molecule has 2 fully saturated rings. The number of nitrogens with zero attached hydrogens (tertiary/aromatic N) is 2. The first-order chi connectivity index (χ1) is 15.7. The quantitative estimate of drug-likeness (QED) is 0.721. The van der Waals surface area contributed by atoms with Gasteiger partial charge in [0.2, 0.25) is 15.9 Å². The van der Waals surface area contributed by atoms with Crippen LogP contribution in [0.15, 0.2) is 40.2 Å². The van der Waals surface area contributed by atoms with Crippen LogP contribution in [0.25, 0.3) is 10.8 Å². The maximum atomic E-state index is 13.6. The number of sulfonamides is 1. The molecule has 4 rings (SSSR count). The lowest BCUT2D eigenvalue weighted by atomic mass is 9.78. The fraction of sp³-hybridized carbons (Fsp3) is 0.600. The van der Waals surface area contributed by atoms with Crippen molar-refractivity contribution in [2.45, 2.75) is 70.4 Å². The van der Waals surface area contributed by atoms with E-state index in [1.165, 1.54) is 15.1 Å². The number of benzene rings is 1. The van der Waals surface area contributed by atoms with Crippen molar-refractivity contribution in [3.05, 3.63) is 40.8 Å². The number of pyridine rings is 1. The molecule has 1 aromatic carbocycles. The number of aromatic nitrogens is 1. The Hall–Kier alpha value is -2.19. The van der Waals surface area contributed by atoms with Gasteiger partial charge < -0.3 is 9.88 Å². The van der Waals surface area contributed by atoms with Crippen LogP contribution in [0, 0.1) is 17.8 Å². The monoisotopic (exact) mass is 473 g/mol. The molecule has 1 saturated carbocycles. The first-order valence-electron chi connectivity index (χ1n) is 12.1. The Labute approximate surface area is 196 Å². The molecule has 0 radical (unpaired) electrons. The minimum atomic E-state index is -3.79. The smallest absolute Gasteiger partial charge is 0.258 e. The number of piperidine rings is 1. The molecule has 1 amide bonds. The molecule has 1 aliphatic heterocycles. The first kappa shape index (κ1) is 24.0. The predicted octanol–water partition coefficient (Wildman–Crippen LogP) is 3.36. The summed E-state index contributed by atoms with van der Waals surface area (Å²) in [5, 5.41) is 3.82. The van der Waals surface area contributed by atoms with E-state index in [1.54, 1.807) is 24.3 Å². The number of fused-ring (bicyclic) bond motifs is 1. The van der Waals surface area contributed by atoms with Crippen LogP contribution < -0.4 is 10.9 Å². The van der Waals surface area contributed by atoms with E-state index in [-0.39, 0.29) is 28.9 Å². The highest BCUT2D eigenvalue weighted by Crippen LogP contribution is 2.30. The summed E-state index contributed by atoms with van der Waals surface area (Å²) >= 11 is 0. The standard InChI is InChI=1S/C25H35N3O4S/c1-17-11-13-28(14-12-17)33(31,32)23-15-27(25(30)21-9-5-4-8-20(21)23)16-24(29)26-22-10-6-7-18(2)19(22)3/h4-5,8-9,15,17-19,22H,6-7,10-14,16H2,1-3H3,(H,26,29)/t18-,19-,22+/m0/s1. The van der Waals surface area contributed by atoms with E-state index in [9.17, 15) is 18.0 Å². The van der Waals surface area contributed by atoms with E-state index < -0.39 is 10.0 Å². The van der Waals surface area contributed by atoms with Crippen molar-refractivity contribution in [3.63, 3.8) is 0 Å². The maximum Gasteiger partial charge on any atom is 0.258 e. The minimum Gasteiger partial charge on any atom is -0.352 e. The van der Waals surface area contributed by atoms with Crippen molar-refractivity contribution < 1.29 is 13.2 Å². The highest BCUT2D eigenvalue weighted by Gasteiger charge is 2.31. The molecule has 180 valence electrons. The van der Waals surface area contributed by atoms with E-state index in [1.807, 2.05) is 0 Å². The van der Waals surface area contributed by atoms with E-state index in [0.717, 1.165) is 32.1 Å². The molecule has 0 spiro atoms. The first-order valence-corrected chi connectivity index (χ1v) is 13.5. The Kier molecular flexibility index (Phi) is 6.96. The zero-order valence-electron chi connectivity index (χ0n) is 19.8. The fourth-order valence-corrected chi connectivity index (χ4v) is 6.88. The van der Waals surface area contributed by atoms with Crippen molar-refractivity contribution in [1.82, 2.24) is 14.2 Å². The van der Waals surface area contributed by atoms with Gasteiger partial charge in [0, 0.05) is 36.1 Å². The molecule has 2 aromatic rings. The second-order valence-corrected chi connectivity index (χ2v) is 11.9. The van der Waals surface area contributed by atoms with Crippen LogP contribution in [-0.4, -0.2) is 42.3 Å².